The summed E-state index contributed by atoms with van der Waals surface area (Å²) in [4.78, 5) is 36.3. The second-order valence-electron chi connectivity index (χ2n) is 6.38. The summed E-state index contributed by atoms with van der Waals surface area (Å²) in [5, 5.41) is 12.5. The molecule has 0 bridgehead atoms. The number of aliphatic carboxylic acids is 1. The third kappa shape index (κ3) is 2.91. The van der Waals surface area contributed by atoms with Gasteiger partial charge >= 0.3 is 5.97 Å². The van der Waals surface area contributed by atoms with Crippen molar-refractivity contribution in [2.45, 2.75) is 44.6 Å². The quantitative estimate of drug-likeness (QED) is 0.902. The highest BCUT2D eigenvalue weighted by Crippen LogP contribution is 2.29. The van der Waals surface area contributed by atoms with E-state index in [-0.39, 0.29) is 11.2 Å². The lowest BCUT2D eigenvalue weighted by Gasteiger charge is -2.33. The van der Waals surface area contributed by atoms with E-state index in [0.29, 0.717) is 23.8 Å². The van der Waals surface area contributed by atoms with Crippen LogP contribution in [-0.4, -0.2) is 22.5 Å². The number of carboxylic acid groups (broad SMARTS) is 1. The van der Waals surface area contributed by atoms with Gasteiger partial charge in [-0.25, -0.2) is 4.79 Å². The Hall–Kier alpha value is -2.63. The van der Waals surface area contributed by atoms with Crippen LogP contribution in [0.2, 0.25) is 0 Å². The molecule has 1 aromatic heterocycles. The van der Waals surface area contributed by atoms with Crippen molar-refractivity contribution >= 4 is 22.8 Å². The van der Waals surface area contributed by atoms with Crippen LogP contribution in [0.5, 0.6) is 0 Å². The number of hydrogen-bond donors (Lipinski definition) is 2. The Morgan fingerprint density at radius 1 is 1.17 bits per heavy atom. The molecule has 0 aliphatic heterocycles. The smallest absolute Gasteiger partial charge is 0.329 e. The summed E-state index contributed by atoms with van der Waals surface area (Å²) in [6.45, 7) is 1.86. The maximum absolute atomic E-state index is 12.5. The number of benzene rings is 1. The van der Waals surface area contributed by atoms with Gasteiger partial charge in [0.2, 0.25) is 0 Å². The van der Waals surface area contributed by atoms with Gasteiger partial charge in [-0.05, 0) is 31.9 Å². The molecule has 1 saturated carbocycles. The molecule has 1 aromatic carbocycles. The Balaban J connectivity index is 1.95. The molecule has 1 amide bonds. The molecule has 1 fully saturated rings. The van der Waals surface area contributed by atoms with Crippen molar-refractivity contribution < 1.29 is 19.1 Å². The molecular weight excluding hydrogens is 310 g/mol. The molecule has 1 aliphatic carbocycles. The van der Waals surface area contributed by atoms with Gasteiger partial charge < -0.3 is 14.8 Å². The fourth-order valence-corrected chi connectivity index (χ4v) is 3.21. The largest absolute Gasteiger partial charge is 0.480 e. The zero-order valence-electron chi connectivity index (χ0n) is 13.4. The molecule has 0 unspecified atom stereocenters. The molecule has 24 heavy (non-hydrogen) atoms. The Labute approximate surface area is 138 Å². The molecular formula is C18H19NO5. The summed E-state index contributed by atoms with van der Waals surface area (Å²) in [5.74, 6) is -1.88. The Bertz CT molecular complexity index is 861. The molecule has 0 radical (unpaired) electrons. The van der Waals surface area contributed by atoms with Crippen LogP contribution in [0, 0.1) is 6.92 Å². The lowest BCUT2D eigenvalue weighted by Crippen LogP contribution is -2.55. The number of rotatable bonds is 3. The summed E-state index contributed by atoms with van der Waals surface area (Å²) >= 11 is 0. The van der Waals surface area contributed by atoms with E-state index in [2.05, 4.69) is 5.32 Å². The topological polar surface area (TPSA) is 96.6 Å². The lowest BCUT2D eigenvalue weighted by atomic mass is 9.81. The maximum atomic E-state index is 12.5. The first-order valence-corrected chi connectivity index (χ1v) is 8.02. The van der Waals surface area contributed by atoms with Gasteiger partial charge in [0, 0.05) is 6.07 Å². The lowest BCUT2D eigenvalue weighted by molar-refractivity contribution is -0.145. The first kappa shape index (κ1) is 16.2. The normalized spacial score (nSPS) is 16.7. The molecule has 6 nitrogen and oxygen atoms in total. The minimum Gasteiger partial charge on any atom is -0.480 e. The highest BCUT2D eigenvalue weighted by atomic mass is 16.4. The molecule has 126 valence electrons. The molecule has 6 heteroatoms. The Morgan fingerprint density at radius 2 is 1.88 bits per heavy atom. The van der Waals surface area contributed by atoms with Crippen LogP contribution in [0.4, 0.5) is 0 Å². The Kier molecular flexibility index (Phi) is 4.13. The van der Waals surface area contributed by atoms with Crippen LogP contribution < -0.4 is 10.7 Å². The van der Waals surface area contributed by atoms with Gasteiger partial charge in [-0.2, -0.15) is 0 Å². The number of amides is 1. The van der Waals surface area contributed by atoms with Crippen LogP contribution in [-0.2, 0) is 4.79 Å². The van der Waals surface area contributed by atoms with Crippen molar-refractivity contribution in [3.05, 3.63) is 45.8 Å². The van der Waals surface area contributed by atoms with Crippen molar-refractivity contribution in [2.24, 2.45) is 0 Å². The van der Waals surface area contributed by atoms with Crippen LogP contribution in [0.15, 0.2) is 33.5 Å². The number of nitrogens with one attached hydrogen (secondary N) is 1. The number of carboxylic acids is 1. The SMILES string of the molecule is Cc1ccc2oc(C(=O)NC3(C(=O)O)CCCCC3)cc(=O)c2c1. The minimum absolute atomic E-state index is 0.164. The van der Waals surface area contributed by atoms with E-state index in [1.807, 2.05) is 6.92 Å². The average Bonchev–Trinajstić information content (AvgIpc) is 2.56. The zero-order chi connectivity index (χ0) is 17.3. The monoisotopic (exact) mass is 329 g/mol. The van der Waals surface area contributed by atoms with E-state index in [1.54, 1.807) is 18.2 Å². The minimum atomic E-state index is -1.28. The number of aryl methyl sites for hydroxylation is 1. The van der Waals surface area contributed by atoms with Gasteiger partial charge in [0.25, 0.3) is 5.91 Å². The molecule has 1 heterocycles. The number of fused-ring (bicyclic) bond motifs is 1. The fourth-order valence-electron chi connectivity index (χ4n) is 3.21. The van der Waals surface area contributed by atoms with Gasteiger partial charge in [-0.15, -0.1) is 0 Å². The highest BCUT2D eigenvalue weighted by molar-refractivity contribution is 5.97. The molecule has 0 atom stereocenters. The maximum Gasteiger partial charge on any atom is 0.329 e. The predicted octanol–water partition coefficient (Wildman–Crippen LogP) is 2.62. The average molecular weight is 329 g/mol. The van der Waals surface area contributed by atoms with Crippen molar-refractivity contribution in [2.75, 3.05) is 0 Å². The highest BCUT2D eigenvalue weighted by Gasteiger charge is 2.41. The first-order valence-electron chi connectivity index (χ1n) is 8.02. The van der Waals surface area contributed by atoms with Crippen LogP contribution >= 0.6 is 0 Å². The van der Waals surface area contributed by atoms with E-state index in [9.17, 15) is 19.5 Å². The summed E-state index contributed by atoms with van der Waals surface area (Å²) in [6.07, 6.45) is 3.20. The van der Waals surface area contributed by atoms with Crippen LogP contribution in [0.25, 0.3) is 11.0 Å². The molecule has 0 saturated heterocycles. The summed E-state index contributed by atoms with van der Waals surface area (Å²) in [5.41, 5.74) is -0.376. The summed E-state index contributed by atoms with van der Waals surface area (Å²) in [6, 6.07) is 6.24. The summed E-state index contributed by atoms with van der Waals surface area (Å²) in [7, 11) is 0. The van der Waals surface area contributed by atoms with E-state index in [1.165, 1.54) is 0 Å². The van der Waals surface area contributed by atoms with Gasteiger partial charge in [-0.3, -0.25) is 9.59 Å². The van der Waals surface area contributed by atoms with Gasteiger partial charge in [0.1, 0.15) is 11.1 Å². The third-order valence-corrected chi connectivity index (χ3v) is 4.58. The van der Waals surface area contributed by atoms with Crippen molar-refractivity contribution in [3.63, 3.8) is 0 Å². The second kappa shape index (κ2) is 6.11. The van der Waals surface area contributed by atoms with Crippen LogP contribution in [0.1, 0.15) is 48.2 Å². The van der Waals surface area contributed by atoms with Crippen molar-refractivity contribution in [3.8, 4) is 0 Å². The Morgan fingerprint density at radius 3 is 2.54 bits per heavy atom. The molecule has 2 N–H and O–H groups in total. The summed E-state index contributed by atoms with van der Waals surface area (Å²) < 4.78 is 5.52. The second-order valence-corrected chi connectivity index (χ2v) is 6.38. The number of carbonyl (C=O) groups is 2. The predicted molar refractivity (Wildman–Crippen MR) is 88.1 cm³/mol. The number of carbonyl (C=O) groups excluding carboxylic acids is 1. The van der Waals surface area contributed by atoms with Gasteiger partial charge in [0.05, 0.1) is 5.39 Å². The third-order valence-electron chi connectivity index (χ3n) is 4.58. The van der Waals surface area contributed by atoms with Crippen molar-refractivity contribution in [1.29, 1.82) is 0 Å². The van der Waals surface area contributed by atoms with E-state index in [0.717, 1.165) is 30.9 Å². The van der Waals surface area contributed by atoms with Crippen molar-refractivity contribution in [1.82, 2.24) is 5.32 Å². The van der Waals surface area contributed by atoms with Gasteiger partial charge in [-0.1, -0.05) is 30.9 Å². The first-order chi connectivity index (χ1) is 11.4. The van der Waals surface area contributed by atoms with E-state index >= 15 is 0 Å². The number of hydrogen-bond acceptors (Lipinski definition) is 4. The zero-order valence-corrected chi connectivity index (χ0v) is 13.4. The fraction of sp³-hybridized carbons (Fsp3) is 0.389. The molecule has 1 aliphatic rings. The molecule has 0 spiro atoms. The standard InChI is InChI=1S/C18H19NO5/c1-11-5-6-14-12(9-11)13(20)10-15(24-14)16(21)19-18(17(22)23)7-3-2-4-8-18/h5-6,9-10H,2-4,7-8H2,1H3,(H,19,21)(H,22,23). The van der Waals surface area contributed by atoms with E-state index in [4.69, 9.17) is 4.42 Å². The van der Waals surface area contributed by atoms with Crippen LogP contribution in [0.3, 0.4) is 0 Å². The van der Waals surface area contributed by atoms with Gasteiger partial charge in [0.15, 0.2) is 11.2 Å². The molecule has 2 aromatic rings. The van der Waals surface area contributed by atoms with E-state index < -0.39 is 17.4 Å². The molecule has 3 rings (SSSR count).